The third kappa shape index (κ3) is 4.51. The van der Waals surface area contributed by atoms with Gasteiger partial charge in [0.2, 0.25) is 0 Å². The largest absolute Gasteiger partial charge is 0.490 e. The Hall–Kier alpha value is -3.06. The van der Waals surface area contributed by atoms with Gasteiger partial charge in [0, 0.05) is 5.56 Å². The first kappa shape index (κ1) is 20.7. The molecule has 0 radical (unpaired) electrons. The average Bonchev–Trinajstić information content (AvgIpc) is 2.94. The van der Waals surface area contributed by atoms with E-state index in [0.717, 1.165) is 4.90 Å². The molecule has 1 heterocycles. The highest BCUT2D eigenvalue weighted by atomic mass is 35.5. The summed E-state index contributed by atoms with van der Waals surface area (Å²) in [6, 6.07) is 8.66. The molecular weight excluding hydrogens is 399 g/mol. The fourth-order valence-electron chi connectivity index (χ4n) is 2.90. The van der Waals surface area contributed by atoms with E-state index in [1.807, 2.05) is 13.8 Å². The molecule has 0 aliphatic carbocycles. The fourth-order valence-corrected chi connectivity index (χ4v) is 3.17. The molecule has 3 amide bonds. The summed E-state index contributed by atoms with van der Waals surface area (Å²) in [6.45, 7) is 4.32. The standard InChI is InChI=1S/C21H20ClFN2O4/c1-3-28-18-11-13(9-15(22)19(18)29-4-2)10-17-20(26)25(21(27)24-17)12-14-7-5-6-8-16(14)23/h5-11H,3-4,12H2,1-2H3,(H,24,27)/b17-10+. The predicted octanol–water partition coefficient (Wildman–Crippen LogP) is 4.37. The zero-order valence-electron chi connectivity index (χ0n) is 16.0. The SMILES string of the molecule is CCOc1cc(/C=C2/NC(=O)N(Cc3ccccc3F)C2=O)cc(Cl)c1OCC. The molecule has 0 atom stereocenters. The molecule has 1 N–H and O–H groups in total. The highest BCUT2D eigenvalue weighted by Gasteiger charge is 2.34. The summed E-state index contributed by atoms with van der Waals surface area (Å²) in [5.41, 5.74) is 0.868. The van der Waals surface area contributed by atoms with Gasteiger partial charge in [-0.2, -0.15) is 0 Å². The van der Waals surface area contributed by atoms with E-state index in [0.29, 0.717) is 35.3 Å². The Kier molecular flexibility index (Phi) is 6.39. The summed E-state index contributed by atoms with van der Waals surface area (Å²) in [5.74, 6) is -0.179. The Balaban J connectivity index is 1.88. The van der Waals surface area contributed by atoms with Gasteiger partial charge in [-0.3, -0.25) is 9.69 Å². The van der Waals surface area contributed by atoms with Crippen LogP contribution in [0.2, 0.25) is 5.02 Å². The minimum absolute atomic E-state index is 0.0639. The van der Waals surface area contributed by atoms with Crippen LogP contribution in [-0.4, -0.2) is 30.1 Å². The Morgan fingerprint density at radius 1 is 1.14 bits per heavy atom. The maximum absolute atomic E-state index is 13.9. The predicted molar refractivity (Wildman–Crippen MR) is 107 cm³/mol. The molecule has 152 valence electrons. The number of rotatable bonds is 7. The number of hydrogen-bond donors (Lipinski definition) is 1. The summed E-state index contributed by atoms with van der Waals surface area (Å²) in [5, 5.41) is 2.84. The Morgan fingerprint density at radius 3 is 2.55 bits per heavy atom. The molecule has 0 aromatic heterocycles. The maximum Gasteiger partial charge on any atom is 0.329 e. The van der Waals surface area contributed by atoms with Gasteiger partial charge in [0.25, 0.3) is 5.91 Å². The maximum atomic E-state index is 13.9. The third-order valence-electron chi connectivity index (χ3n) is 4.18. The first-order chi connectivity index (χ1) is 13.9. The number of amides is 3. The van der Waals surface area contributed by atoms with Crippen LogP contribution in [-0.2, 0) is 11.3 Å². The smallest absolute Gasteiger partial charge is 0.329 e. The molecule has 1 fully saturated rings. The molecule has 0 spiro atoms. The van der Waals surface area contributed by atoms with E-state index in [9.17, 15) is 14.0 Å². The molecule has 1 saturated heterocycles. The normalized spacial score (nSPS) is 15.0. The number of imide groups is 1. The highest BCUT2D eigenvalue weighted by Crippen LogP contribution is 2.37. The average molecular weight is 419 g/mol. The van der Waals surface area contributed by atoms with Crippen LogP contribution in [0, 0.1) is 5.82 Å². The summed E-state index contributed by atoms with van der Waals surface area (Å²) in [6.07, 6.45) is 1.49. The van der Waals surface area contributed by atoms with Gasteiger partial charge in [0.15, 0.2) is 11.5 Å². The lowest BCUT2D eigenvalue weighted by atomic mass is 10.1. The molecule has 0 saturated carbocycles. The molecule has 1 aliphatic rings. The van der Waals surface area contributed by atoms with Crippen molar-refractivity contribution in [3.8, 4) is 11.5 Å². The van der Waals surface area contributed by atoms with Gasteiger partial charge in [0.1, 0.15) is 11.5 Å². The minimum atomic E-state index is -0.619. The van der Waals surface area contributed by atoms with E-state index in [2.05, 4.69) is 5.32 Å². The van der Waals surface area contributed by atoms with Gasteiger partial charge < -0.3 is 14.8 Å². The van der Waals surface area contributed by atoms with E-state index in [1.165, 1.54) is 18.2 Å². The monoisotopic (exact) mass is 418 g/mol. The van der Waals surface area contributed by atoms with Gasteiger partial charge in [0.05, 0.1) is 24.8 Å². The van der Waals surface area contributed by atoms with Gasteiger partial charge in [-0.05, 0) is 43.7 Å². The van der Waals surface area contributed by atoms with Crippen molar-refractivity contribution in [3.05, 3.63) is 64.1 Å². The van der Waals surface area contributed by atoms with Gasteiger partial charge in [-0.15, -0.1) is 0 Å². The van der Waals surface area contributed by atoms with Crippen LogP contribution in [0.25, 0.3) is 6.08 Å². The van der Waals surface area contributed by atoms with Crippen LogP contribution in [0.5, 0.6) is 11.5 Å². The van der Waals surface area contributed by atoms with E-state index in [4.69, 9.17) is 21.1 Å². The lowest BCUT2D eigenvalue weighted by Crippen LogP contribution is -2.30. The topological polar surface area (TPSA) is 67.9 Å². The van der Waals surface area contributed by atoms with Crippen LogP contribution in [0.3, 0.4) is 0 Å². The molecule has 1 aliphatic heterocycles. The van der Waals surface area contributed by atoms with Crippen molar-refractivity contribution in [1.29, 1.82) is 0 Å². The van der Waals surface area contributed by atoms with Crippen molar-refractivity contribution < 1.29 is 23.5 Å². The van der Waals surface area contributed by atoms with Crippen LogP contribution < -0.4 is 14.8 Å². The Bertz CT molecular complexity index is 977. The number of nitrogens with zero attached hydrogens (tertiary/aromatic N) is 1. The Morgan fingerprint density at radius 2 is 1.86 bits per heavy atom. The van der Waals surface area contributed by atoms with Crippen molar-refractivity contribution in [3.63, 3.8) is 0 Å². The first-order valence-electron chi connectivity index (χ1n) is 9.11. The number of carbonyl (C=O) groups is 2. The van der Waals surface area contributed by atoms with E-state index >= 15 is 0 Å². The molecule has 3 rings (SSSR count). The number of halogens is 2. The van der Waals surface area contributed by atoms with Crippen LogP contribution in [0.4, 0.5) is 9.18 Å². The lowest BCUT2D eigenvalue weighted by Gasteiger charge is -2.13. The molecular formula is C21H20ClFN2O4. The number of hydrogen-bond acceptors (Lipinski definition) is 4. The second kappa shape index (κ2) is 8.96. The van der Waals surface area contributed by atoms with Gasteiger partial charge in [-0.1, -0.05) is 29.8 Å². The number of benzene rings is 2. The number of urea groups is 1. The van der Waals surface area contributed by atoms with Gasteiger partial charge in [-0.25, -0.2) is 9.18 Å². The van der Waals surface area contributed by atoms with E-state index in [1.54, 1.807) is 24.3 Å². The molecule has 8 heteroatoms. The van der Waals surface area contributed by atoms with Crippen molar-refractivity contribution in [2.75, 3.05) is 13.2 Å². The van der Waals surface area contributed by atoms with Crippen molar-refractivity contribution in [2.24, 2.45) is 0 Å². The molecule has 6 nitrogen and oxygen atoms in total. The van der Waals surface area contributed by atoms with Crippen LogP contribution in [0.1, 0.15) is 25.0 Å². The van der Waals surface area contributed by atoms with Gasteiger partial charge >= 0.3 is 6.03 Å². The second-order valence-corrected chi connectivity index (χ2v) is 6.57. The molecule has 0 unspecified atom stereocenters. The number of ether oxygens (including phenoxy) is 2. The summed E-state index contributed by atoms with van der Waals surface area (Å²) < 4.78 is 25.0. The highest BCUT2D eigenvalue weighted by molar-refractivity contribution is 6.32. The van der Waals surface area contributed by atoms with Crippen molar-refractivity contribution in [1.82, 2.24) is 10.2 Å². The number of nitrogens with one attached hydrogen (secondary N) is 1. The van der Waals surface area contributed by atoms with Crippen molar-refractivity contribution in [2.45, 2.75) is 20.4 Å². The van der Waals surface area contributed by atoms with E-state index < -0.39 is 17.8 Å². The zero-order valence-corrected chi connectivity index (χ0v) is 16.8. The number of carbonyl (C=O) groups excluding carboxylic acids is 2. The quantitative estimate of drug-likeness (QED) is 0.535. The molecule has 2 aromatic rings. The van der Waals surface area contributed by atoms with E-state index in [-0.39, 0.29) is 17.8 Å². The molecule has 2 aromatic carbocycles. The summed E-state index contributed by atoms with van der Waals surface area (Å²) in [4.78, 5) is 25.8. The van der Waals surface area contributed by atoms with Crippen molar-refractivity contribution >= 4 is 29.6 Å². The molecule has 0 bridgehead atoms. The zero-order chi connectivity index (χ0) is 21.0. The second-order valence-electron chi connectivity index (χ2n) is 6.17. The van der Waals surface area contributed by atoms with Crippen LogP contribution >= 0.6 is 11.6 Å². The minimum Gasteiger partial charge on any atom is -0.490 e. The third-order valence-corrected chi connectivity index (χ3v) is 4.46. The Labute approximate surface area is 172 Å². The summed E-state index contributed by atoms with van der Waals surface area (Å²) in [7, 11) is 0. The first-order valence-corrected chi connectivity index (χ1v) is 9.49. The van der Waals surface area contributed by atoms with Crippen LogP contribution in [0.15, 0.2) is 42.1 Å². The lowest BCUT2D eigenvalue weighted by molar-refractivity contribution is -0.123. The summed E-state index contributed by atoms with van der Waals surface area (Å²) >= 11 is 6.29. The fraction of sp³-hybridized carbons (Fsp3) is 0.238. The molecule has 29 heavy (non-hydrogen) atoms.